The molecule has 3 N–H and O–H groups in total. The summed E-state index contributed by atoms with van der Waals surface area (Å²) in [7, 11) is -3.80. The molecule has 20 heavy (non-hydrogen) atoms. The first kappa shape index (κ1) is 16.6. The molecule has 1 atom stereocenters. The van der Waals surface area contributed by atoms with E-state index in [1.807, 2.05) is 6.92 Å². The van der Waals surface area contributed by atoms with Gasteiger partial charge in [0.1, 0.15) is 11.9 Å². The molecular weight excluding hydrogens is 281 g/mol. The van der Waals surface area contributed by atoms with Crippen molar-refractivity contribution < 1.29 is 12.8 Å². The zero-order chi connectivity index (χ0) is 15.2. The highest BCUT2D eigenvalue weighted by Gasteiger charge is 2.20. The number of nitrogens with zero attached hydrogens (tertiary/aromatic N) is 1. The second kappa shape index (κ2) is 7.33. The summed E-state index contributed by atoms with van der Waals surface area (Å²) < 4.78 is 40.0. The first-order valence-corrected chi connectivity index (χ1v) is 7.85. The Hall–Kier alpha value is -1.49. The summed E-state index contributed by atoms with van der Waals surface area (Å²) in [5.74, 6) is -0.743. The third kappa shape index (κ3) is 4.27. The van der Waals surface area contributed by atoms with E-state index in [1.54, 1.807) is 6.07 Å². The summed E-state index contributed by atoms with van der Waals surface area (Å²) in [6, 6.07) is 4.37. The van der Waals surface area contributed by atoms with Crippen LogP contribution in [0.4, 0.5) is 4.39 Å². The molecule has 0 aliphatic rings. The number of nitrogens with one attached hydrogen (secondary N) is 1. The van der Waals surface area contributed by atoms with Crippen LogP contribution in [-0.4, -0.2) is 21.0 Å². The summed E-state index contributed by atoms with van der Waals surface area (Å²) in [5.41, 5.74) is 5.24. The van der Waals surface area contributed by atoms with Crippen LogP contribution in [0.2, 0.25) is 0 Å². The summed E-state index contributed by atoms with van der Waals surface area (Å²) in [6.45, 7) is 2.19. The number of benzene rings is 1. The van der Waals surface area contributed by atoms with E-state index < -0.39 is 15.8 Å². The standard InChI is InChI=1S/C13H18FN3O2S/c1-2-3-4-11(9-16)17-20(18,19)12-5-6-13(14)10(7-12)8-15/h5-7,11,17H,2-4,9,16H2,1H3. The average molecular weight is 299 g/mol. The van der Waals surface area contributed by atoms with E-state index in [9.17, 15) is 12.8 Å². The van der Waals surface area contributed by atoms with Crippen molar-refractivity contribution in [1.82, 2.24) is 4.72 Å². The van der Waals surface area contributed by atoms with Crippen LogP contribution in [0.25, 0.3) is 0 Å². The molecule has 1 rings (SSSR count). The van der Waals surface area contributed by atoms with E-state index in [0.717, 1.165) is 31.0 Å². The fourth-order valence-electron chi connectivity index (χ4n) is 1.72. The zero-order valence-electron chi connectivity index (χ0n) is 11.3. The first-order valence-electron chi connectivity index (χ1n) is 6.36. The van der Waals surface area contributed by atoms with E-state index in [4.69, 9.17) is 11.0 Å². The van der Waals surface area contributed by atoms with Gasteiger partial charge in [0.15, 0.2) is 0 Å². The lowest BCUT2D eigenvalue weighted by Crippen LogP contribution is -2.40. The molecule has 5 nitrogen and oxygen atoms in total. The predicted octanol–water partition coefficient (Wildman–Crippen LogP) is 1.49. The Morgan fingerprint density at radius 1 is 1.50 bits per heavy atom. The Morgan fingerprint density at radius 3 is 2.75 bits per heavy atom. The van der Waals surface area contributed by atoms with Crippen molar-refractivity contribution in [1.29, 1.82) is 5.26 Å². The predicted molar refractivity (Wildman–Crippen MR) is 73.8 cm³/mol. The fourth-order valence-corrected chi connectivity index (χ4v) is 3.03. The van der Waals surface area contributed by atoms with Crippen LogP contribution in [0.5, 0.6) is 0 Å². The molecule has 0 aromatic heterocycles. The molecule has 0 bridgehead atoms. The number of sulfonamides is 1. The summed E-state index contributed by atoms with van der Waals surface area (Å²) in [6.07, 6.45) is 2.43. The Bertz CT molecular complexity index is 596. The van der Waals surface area contributed by atoms with Crippen molar-refractivity contribution >= 4 is 10.0 Å². The number of hydrogen-bond donors (Lipinski definition) is 2. The SMILES string of the molecule is CCCCC(CN)NS(=O)(=O)c1ccc(F)c(C#N)c1. The number of nitrogens with two attached hydrogens (primary N) is 1. The third-order valence-corrected chi connectivity index (χ3v) is 4.40. The Morgan fingerprint density at radius 2 is 2.20 bits per heavy atom. The Kier molecular flexibility index (Phi) is 6.07. The third-order valence-electron chi connectivity index (χ3n) is 2.88. The molecule has 0 heterocycles. The van der Waals surface area contributed by atoms with E-state index in [1.165, 1.54) is 0 Å². The topological polar surface area (TPSA) is 96.0 Å². The van der Waals surface area contributed by atoms with Crippen molar-refractivity contribution in [3.8, 4) is 6.07 Å². The van der Waals surface area contributed by atoms with Crippen LogP contribution in [0.1, 0.15) is 31.7 Å². The summed E-state index contributed by atoms with van der Waals surface area (Å²) in [5, 5.41) is 8.73. The molecule has 0 spiro atoms. The molecule has 0 aliphatic heterocycles. The average Bonchev–Trinajstić information content (AvgIpc) is 2.43. The van der Waals surface area contributed by atoms with Gasteiger partial charge in [0, 0.05) is 12.6 Å². The Balaban J connectivity index is 2.96. The van der Waals surface area contributed by atoms with Crippen molar-refractivity contribution in [2.45, 2.75) is 37.1 Å². The number of unbranched alkanes of at least 4 members (excludes halogenated alkanes) is 1. The van der Waals surface area contributed by atoms with Crippen LogP contribution in [-0.2, 0) is 10.0 Å². The van der Waals surface area contributed by atoms with Gasteiger partial charge in [0.05, 0.1) is 10.5 Å². The van der Waals surface area contributed by atoms with Crippen molar-refractivity contribution in [2.24, 2.45) is 5.73 Å². The van der Waals surface area contributed by atoms with E-state index >= 15 is 0 Å². The number of rotatable bonds is 7. The molecule has 1 aromatic carbocycles. The largest absolute Gasteiger partial charge is 0.329 e. The van der Waals surface area contributed by atoms with Crippen LogP contribution in [0, 0.1) is 17.1 Å². The normalized spacial score (nSPS) is 12.9. The van der Waals surface area contributed by atoms with Crippen LogP contribution < -0.4 is 10.5 Å². The van der Waals surface area contributed by atoms with Gasteiger partial charge in [0.2, 0.25) is 10.0 Å². The molecule has 0 fully saturated rings. The second-order valence-electron chi connectivity index (χ2n) is 4.45. The highest BCUT2D eigenvalue weighted by molar-refractivity contribution is 7.89. The Labute approximate surface area is 118 Å². The van der Waals surface area contributed by atoms with E-state index in [0.29, 0.717) is 6.42 Å². The monoisotopic (exact) mass is 299 g/mol. The molecule has 0 saturated heterocycles. The molecule has 1 unspecified atom stereocenters. The lowest BCUT2D eigenvalue weighted by Gasteiger charge is -2.16. The molecule has 0 aliphatic carbocycles. The molecule has 1 aromatic rings. The lowest BCUT2D eigenvalue weighted by atomic mass is 10.1. The molecule has 7 heteroatoms. The molecule has 0 radical (unpaired) electrons. The maximum atomic E-state index is 13.2. The summed E-state index contributed by atoms with van der Waals surface area (Å²) >= 11 is 0. The maximum Gasteiger partial charge on any atom is 0.240 e. The molecular formula is C13H18FN3O2S. The highest BCUT2D eigenvalue weighted by Crippen LogP contribution is 2.15. The maximum absolute atomic E-state index is 13.2. The quantitative estimate of drug-likeness (QED) is 0.797. The zero-order valence-corrected chi connectivity index (χ0v) is 12.1. The minimum atomic E-state index is -3.80. The first-order chi connectivity index (χ1) is 9.44. The van der Waals surface area contributed by atoms with Gasteiger partial charge < -0.3 is 5.73 Å². The molecule has 110 valence electrons. The van der Waals surface area contributed by atoms with Gasteiger partial charge in [-0.3, -0.25) is 0 Å². The van der Waals surface area contributed by atoms with Crippen LogP contribution in [0.3, 0.4) is 0 Å². The smallest absolute Gasteiger partial charge is 0.240 e. The summed E-state index contributed by atoms with van der Waals surface area (Å²) in [4.78, 5) is -0.134. The highest BCUT2D eigenvalue weighted by atomic mass is 32.2. The fraction of sp³-hybridized carbons (Fsp3) is 0.462. The molecule has 0 saturated carbocycles. The van der Waals surface area contributed by atoms with Crippen LogP contribution >= 0.6 is 0 Å². The second-order valence-corrected chi connectivity index (χ2v) is 6.16. The lowest BCUT2D eigenvalue weighted by molar-refractivity contribution is 0.516. The van der Waals surface area contributed by atoms with Gasteiger partial charge in [-0.15, -0.1) is 0 Å². The van der Waals surface area contributed by atoms with Gasteiger partial charge in [-0.05, 0) is 24.6 Å². The number of nitriles is 1. The minimum absolute atomic E-state index is 0.134. The van der Waals surface area contributed by atoms with Gasteiger partial charge in [-0.1, -0.05) is 19.8 Å². The van der Waals surface area contributed by atoms with Gasteiger partial charge in [0.25, 0.3) is 0 Å². The minimum Gasteiger partial charge on any atom is -0.329 e. The number of hydrogen-bond acceptors (Lipinski definition) is 4. The van der Waals surface area contributed by atoms with Crippen molar-refractivity contribution in [3.05, 3.63) is 29.6 Å². The van der Waals surface area contributed by atoms with Crippen molar-refractivity contribution in [2.75, 3.05) is 6.54 Å². The van der Waals surface area contributed by atoms with Gasteiger partial charge in [-0.2, -0.15) is 5.26 Å². The van der Waals surface area contributed by atoms with E-state index in [-0.39, 0.29) is 23.0 Å². The molecule has 0 amide bonds. The van der Waals surface area contributed by atoms with Crippen molar-refractivity contribution in [3.63, 3.8) is 0 Å². The van der Waals surface area contributed by atoms with Crippen LogP contribution in [0.15, 0.2) is 23.1 Å². The van der Waals surface area contributed by atoms with Gasteiger partial charge in [-0.25, -0.2) is 17.5 Å². The number of halogens is 1. The van der Waals surface area contributed by atoms with Gasteiger partial charge >= 0.3 is 0 Å². The van der Waals surface area contributed by atoms with E-state index in [2.05, 4.69) is 4.72 Å².